The maximum Gasteiger partial charge on any atom is 0.146 e. The SMILES string of the molecule is CN(Cc1nc2ccccc2s1)c1ncccc1C#N. The van der Waals surface area contributed by atoms with Gasteiger partial charge in [0, 0.05) is 13.2 Å². The van der Waals surface area contributed by atoms with E-state index in [4.69, 9.17) is 5.26 Å². The van der Waals surface area contributed by atoms with Gasteiger partial charge in [0.2, 0.25) is 0 Å². The molecule has 1 aromatic carbocycles. The third-order valence-electron chi connectivity index (χ3n) is 2.98. The van der Waals surface area contributed by atoms with Gasteiger partial charge in [0.25, 0.3) is 0 Å². The Morgan fingerprint density at radius 1 is 1.25 bits per heavy atom. The number of hydrogen-bond donors (Lipinski definition) is 0. The second kappa shape index (κ2) is 5.27. The number of nitriles is 1. The summed E-state index contributed by atoms with van der Waals surface area (Å²) in [5, 5.41) is 10.1. The Bertz CT molecular complexity index is 755. The second-order valence-electron chi connectivity index (χ2n) is 4.42. The zero-order chi connectivity index (χ0) is 13.9. The van der Waals surface area contributed by atoms with Crippen LogP contribution in [0.15, 0.2) is 42.6 Å². The van der Waals surface area contributed by atoms with Crippen molar-refractivity contribution < 1.29 is 0 Å². The van der Waals surface area contributed by atoms with Gasteiger partial charge < -0.3 is 4.90 Å². The number of nitrogens with zero attached hydrogens (tertiary/aromatic N) is 4. The number of thiazole rings is 1. The summed E-state index contributed by atoms with van der Waals surface area (Å²) in [6, 6.07) is 13.8. The van der Waals surface area contributed by atoms with E-state index in [1.54, 1.807) is 29.7 Å². The lowest BCUT2D eigenvalue weighted by molar-refractivity contribution is 0.888. The first-order valence-corrected chi connectivity index (χ1v) is 7.00. The molecule has 0 aliphatic carbocycles. The Kier molecular flexibility index (Phi) is 3.32. The van der Waals surface area contributed by atoms with E-state index < -0.39 is 0 Å². The number of benzene rings is 1. The molecule has 4 nitrogen and oxygen atoms in total. The standard InChI is InChI=1S/C15H12N4S/c1-19(15-11(9-16)5-4-8-17-15)10-14-18-12-6-2-3-7-13(12)20-14/h2-8H,10H2,1H3. The number of rotatable bonds is 3. The van der Waals surface area contributed by atoms with Gasteiger partial charge in [-0.1, -0.05) is 12.1 Å². The Hall–Kier alpha value is -2.45. The molecule has 3 rings (SSSR count). The maximum atomic E-state index is 9.12. The van der Waals surface area contributed by atoms with Crippen molar-refractivity contribution in [3.05, 3.63) is 53.2 Å². The van der Waals surface area contributed by atoms with Crippen molar-refractivity contribution in [3.63, 3.8) is 0 Å². The zero-order valence-electron chi connectivity index (χ0n) is 10.9. The fraction of sp³-hybridized carbons (Fsp3) is 0.133. The van der Waals surface area contributed by atoms with E-state index >= 15 is 0 Å². The first kappa shape index (κ1) is 12.6. The minimum absolute atomic E-state index is 0.580. The number of pyridine rings is 1. The van der Waals surface area contributed by atoms with Crippen LogP contribution in [0.3, 0.4) is 0 Å². The second-order valence-corrected chi connectivity index (χ2v) is 5.53. The van der Waals surface area contributed by atoms with Gasteiger partial charge in [-0.15, -0.1) is 11.3 Å². The average molecular weight is 280 g/mol. The highest BCUT2D eigenvalue weighted by atomic mass is 32.1. The highest BCUT2D eigenvalue weighted by molar-refractivity contribution is 7.18. The molecule has 5 heteroatoms. The molecule has 0 fully saturated rings. The van der Waals surface area contributed by atoms with E-state index in [1.165, 1.54) is 4.70 Å². The molecular formula is C15H12N4S. The molecule has 98 valence electrons. The van der Waals surface area contributed by atoms with E-state index in [2.05, 4.69) is 22.1 Å². The third-order valence-corrected chi connectivity index (χ3v) is 4.00. The van der Waals surface area contributed by atoms with Crippen LogP contribution in [-0.4, -0.2) is 17.0 Å². The van der Waals surface area contributed by atoms with Crippen LogP contribution in [0.4, 0.5) is 5.82 Å². The van der Waals surface area contributed by atoms with Gasteiger partial charge in [0.15, 0.2) is 0 Å². The normalized spacial score (nSPS) is 10.4. The molecule has 0 N–H and O–H groups in total. The van der Waals surface area contributed by atoms with Crippen molar-refractivity contribution in [1.82, 2.24) is 9.97 Å². The van der Waals surface area contributed by atoms with Gasteiger partial charge in [-0.2, -0.15) is 5.26 Å². The van der Waals surface area contributed by atoms with E-state index in [1.807, 2.05) is 30.1 Å². The van der Waals surface area contributed by atoms with Crippen molar-refractivity contribution >= 4 is 27.4 Å². The summed E-state index contributed by atoms with van der Waals surface area (Å²) < 4.78 is 1.18. The predicted molar refractivity (Wildman–Crippen MR) is 80.7 cm³/mol. The molecule has 2 heterocycles. The van der Waals surface area contributed by atoms with Crippen LogP contribution < -0.4 is 4.90 Å². The molecule has 0 spiro atoms. The van der Waals surface area contributed by atoms with Gasteiger partial charge >= 0.3 is 0 Å². The molecule has 0 aliphatic rings. The van der Waals surface area contributed by atoms with E-state index in [-0.39, 0.29) is 0 Å². The molecular weight excluding hydrogens is 268 g/mol. The molecule has 0 saturated carbocycles. The van der Waals surface area contributed by atoms with Crippen LogP contribution in [-0.2, 0) is 6.54 Å². The van der Waals surface area contributed by atoms with Crippen LogP contribution in [0.1, 0.15) is 10.6 Å². The van der Waals surface area contributed by atoms with Gasteiger partial charge in [0.1, 0.15) is 16.9 Å². The molecule has 3 aromatic rings. The average Bonchev–Trinajstić information content (AvgIpc) is 2.89. The summed E-state index contributed by atoms with van der Waals surface area (Å²) >= 11 is 1.67. The highest BCUT2D eigenvalue weighted by Crippen LogP contribution is 2.24. The number of hydrogen-bond acceptors (Lipinski definition) is 5. The fourth-order valence-electron chi connectivity index (χ4n) is 2.05. The highest BCUT2D eigenvalue weighted by Gasteiger charge is 2.11. The summed E-state index contributed by atoms with van der Waals surface area (Å²) in [6.07, 6.45) is 1.70. The van der Waals surface area contributed by atoms with Crippen LogP contribution >= 0.6 is 11.3 Å². The molecule has 0 atom stereocenters. The summed E-state index contributed by atoms with van der Waals surface area (Å²) in [6.45, 7) is 0.644. The summed E-state index contributed by atoms with van der Waals surface area (Å²) in [7, 11) is 1.93. The minimum atomic E-state index is 0.580. The number of para-hydroxylation sites is 1. The van der Waals surface area contributed by atoms with Crippen LogP contribution in [0, 0.1) is 11.3 Å². The van der Waals surface area contributed by atoms with Gasteiger partial charge in [-0.3, -0.25) is 0 Å². The number of anilines is 1. The topological polar surface area (TPSA) is 52.8 Å². The Balaban J connectivity index is 1.88. The predicted octanol–water partition coefficient (Wildman–Crippen LogP) is 3.20. The lowest BCUT2D eigenvalue weighted by Gasteiger charge is -2.17. The van der Waals surface area contributed by atoms with Crippen molar-refractivity contribution in [2.24, 2.45) is 0 Å². The molecule has 0 radical (unpaired) electrons. The molecule has 20 heavy (non-hydrogen) atoms. The lowest BCUT2D eigenvalue weighted by Crippen LogP contribution is -2.18. The first-order valence-electron chi connectivity index (χ1n) is 6.18. The monoisotopic (exact) mass is 280 g/mol. The van der Waals surface area contributed by atoms with E-state index in [0.29, 0.717) is 17.9 Å². The van der Waals surface area contributed by atoms with Gasteiger partial charge in [-0.25, -0.2) is 9.97 Å². The van der Waals surface area contributed by atoms with Crippen LogP contribution in [0.5, 0.6) is 0 Å². The maximum absolute atomic E-state index is 9.12. The lowest BCUT2D eigenvalue weighted by atomic mass is 10.2. The Labute approximate surface area is 120 Å². The van der Waals surface area contributed by atoms with Crippen molar-refractivity contribution in [1.29, 1.82) is 5.26 Å². The molecule has 0 bridgehead atoms. The molecule has 0 unspecified atom stereocenters. The minimum Gasteiger partial charge on any atom is -0.352 e. The summed E-state index contributed by atoms with van der Waals surface area (Å²) in [5.74, 6) is 0.689. The summed E-state index contributed by atoms with van der Waals surface area (Å²) in [5.41, 5.74) is 1.60. The van der Waals surface area contributed by atoms with Gasteiger partial charge in [-0.05, 0) is 24.3 Å². The number of aromatic nitrogens is 2. The molecule has 0 aliphatic heterocycles. The first-order chi connectivity index (χ1) is 9.78. The third kappa shape index (κ3) is 2.33. The Morgan fingerprint density at radius 2 is 2.10 bits per heavy atom. The van der Waals surface area contributed by atoms with Crippen molar-refractivity contribution in [2.75, 3.05) is 11.9 Å². The van der Waals surface area contributed by atoms with E-state index in [0.717, 1.165) is 10.5 Å². The molecule has 0 amide bonds. The van der Waals surface area contributed by atoms with Crippen LogP contribution in [0.25, 0.3) is 10.2 Å². The largest absolute Gasteiger partial charge is 0.352 e. The zero-order valence-corrected chi connectivity index (χ0v) is 11.8. The quantitative estimate of drug-likeness (QED) is 0.739. The molecule has 2 aromatic heterocycles. The smallest absolute Gasteiger partial charge is 0.146 e. The van der Waals surface area contributed by atoms with E-state index in [9.17, 15) is 0 Å². The van der Waals surface area contributed by atoms with Crippen molar-refractivity contribution in [3.8, 4) is 6.07 Å². The van der Waals surface area contributed by atoms with Crippen LogP contribution in [0.2, 0.25) is 0 Å². The summed E-state index contributed by atoms with van der Waals surface area (Å²) in [4.78, 5) is 10.8. The Morgan fingerprint density at radius 3 is 2.90 bits per heavy atom. The van der Waals surface area contributed by atoms with Gasteiger partial charge in [0.05, 0.1) is 22.3 Å². The van der Waals surface area contributed by atoms with Crippen molar-refractivity contribution in [2.45, 2.75) is 6.54 Å². The number of fused-ring (bicyclic) bond motifs is 1. The molecule has 0 saturated heterocycles. The fourth-order valence-corrected chi connectivity index (χ4v) is 3.07.